The fraction of sp³-hybridized carbons (Fsp3) is 0.462. The van der Waals surface area contributed by atoms with Gasteiger partial charge < -0.3 is 0 Å². The first-order valence-electron chi connectivity index (χ1n) is 4.98. The summed E-state index contributed by atoms with van der Waals surface area (Å²) in [5.74, 6) is 8.72. The van der Waals surface area contributed by atoms with Gasteiger partial charge in [-0.1, -0.05) is 11.8 Å². The first-order chi connectivity index (χ1) is 6.88. The Bertz CT molecular complexity index is 330. The molecule has 0 saturated heterocycles. The number of aldehydes is 1. The van der Waals surface area contributed by atoms with Gasteiger partial charge in [-0.2, -0.15) is 0 Å². The minimum atomic E-state index is 0.786. The van der Waals surface area contributed by atoms with E-state index in [4.69, 9.17) is 6.42 Å². The van der Waals surface area contributed by atoms with Crippen molar-refractivity contribution in [2.24, 2.45) is 0 Å². The maximum absolute atomic E-state index is 10.6. The van der Waals surface area contributed by atoms with Gasteiger partial charge in [-0.25, -0.2) is 0 Å². The van der Waals surface area contributed by atoms with E-state index in [-0.39, 0.29) is 0 Å². The number of carbonyl (C=O) groups excluding carboxylic acids is 1. The van der Waals surface area contributed by atoms with Crippen LogP contribution in [-0.2, 0) is 4.79 Å². The molecule has 0 amide bonds. The summed E-state index contributed by atoms with van der Waals surface area (Å²) in [6.07, 6.45) is 11.6. The quantitative estimate of drug-likeness (QED) is 0.376. The lowest BCUT2D eigenvalue weighted by Gasteiger charge is -1.89. The van der Waals surface area contributed by atoms with E-state index < -0.39 is 0 Å². The molecule has 0 N–H and O–H groups in total. The lowest BCUT2D eigenvalue weighted by molar-refractivity contribution is -0.105. The summed E-state index contributed by atoms with van der Waals surface area (Å²) in [5.41, 5.74) is 1.94. The monoisotopic (exact) mass is 186 g/mol. The third-order valence-corrected chi connectivity index (χ3v) is 2.26. The second-order valence-corrected chi connectivity index (χ2v) is 3.33. The van der Waals surface area contributed by atoms with E-state index in [0.717, 1.165) is 56.0 Å². The molecule has 0 atom stereocenters. The number of allylic oxidation sites excluding steroid dienone is 2. The van der Waals surface area contributed by atoms with Crippen molar-refractivity contribution in [3.8, 4) is 24.2 Å². The van der Waals surface area contributed by atoms with Crippen LogP contribution in [0.5, 0.6) is 0 Å². The van der Waals surface area contributed by atoms with Crippen LogP contribution in [-0.4, -0.2) is 6.29 Å². The van der Waals surface area contributed by atoms with E-state index >= 15 is 0 Å². The average molecular weight is 186 g/mol. The Labute approximate surface area is 85.6 Å². The van der Waals surface area contributed by atoms with Gasteiger partial charge in [0, 0.05) is 24.0 Å². The molecule has 14 heavy (non-hydrogen) atoms. The fourth-order valence-electron chi connectivity index (χ4n) is 1.49. The Balaban J connectivity index is 2.43. The van der Waals surface area contributed by atoms with Crippen LogP contribution in [0.4, 0.5) is 0 Å². The summed E-state index contributed by atoms with van der Waals surface area (Å²) in [5, 5.41) is 0. The average Bonchev–Trinajstić information content (AvgIpc) is 2.65. The highest BCUT2D eigenvalue weighted by atomic mass is 16.1. The molecule has 0 aromatic heterocycles. The van der Waals surface area contributed by atoms with Gasteiger partial charge in [-0.05, 0) is 25.7 Å². The number of carbonyl (C=O) groups is 1. The highest BCUT2D eigenvalue weighted by Crippen LogP contribution is 2.23. The standard InChI is InChI=1S/C13H14O/c1-2-3-4-5-6-8-12-9-7-10-13(12)11-14/h1,11H,3-5,7,9-10H2. The van der Waals surface area contributed by atoms with Crippen molar-refractivity contribution in [1.29, 1.82) is 0 Å². The van der Waals surface area contributed by atoms with Crippen LogP contribution in [0.15, 0.2) is 11.1 Å². The minimum absolute atomic E-state index is 0.786. The van der Waals surface area contributed by atoms with E-state index in [1.165, 1.54) is 0 Å². The second kappa shape index (κ2) is 6.06. The number of unbranched alkanes of at least 4 members (excludes halogenated alkanes) is 2. The molecule has 1 aliphatic rings. The highest BCUT2D eigenvalue weighted by molar-refractivity contribution is 5.77. The molecule has 1 heteroatoms. The van der Waals surface area contributed by atoms with Gasteiger partial charge in [-0.3, -0.25) is 4.79 Å². The number of hydrogen-bond donors (Lipinski definition) is 0. The summed E-state index contributed by atoms with van der Waals surface area (Å²) < 4.78 is 0. The zero-order valence-electron chi connectivity index (χ0n) is 8.31. The molecule has 1 rings (SSSR count). The summed E-state index contributed by atoms with van der Waals surface area (Å²) in [4.78, 5) is 10.6. The Morgan fingerprint density at radius 2 is 2.21 bits per heavy atom. The molecule has 0 aliphatic heterocycles. The molecule has 0 aromatic carbocycles. The predicted molar refractivity (Wildman–Crippen MR) is 57.4 cm³/mol. The van der Waals surface area contributed by atoms with Crippen molar-refractivity contribution < 1.29 is 4.79 Å². The van der Waals surface area contributed by atoms with Crippen molar-refractivity contribution in [2.45, 2.75) is 38.5 Å². The maximum Gasteiger partial charge on any atom is 0.146 e. The molecule has 0 saturated carbocycles. The second-order valence-electron chi connectivity index (χ2n) is 3.33. The third-order valence-electron chi connectivity index (χ3n) is 2.26. The molecule has 0 aromatic rings. The number of terminal acetylenes is 1. The minimum Gasteiger partial charge on any atom is -0.298 e. The van der Waals surface area contributed by atoms with Gasteiger partial charge in [0.25, 0.3) is 0 Å². The van der Waals surface area contributed by atoms with E-state index in [2.05, 4.69) is 17.8 Å². The largest absolute Gasteiger partial charge is 0.298 e. The first-order valence-corrected chi connectivity index (χ1v) is 4.98. The van der Waals surface area contributed by atoms with Crippen molar-refractivity contribution in [2.75, 3.05) is 0 Å². The molecule has 72 valence electrons. The molecule has 0 unspecified atom stereocenters. The van der Waals surface area contributed by atoms with Crippen LogP contribution in [0.3, 0.4) is 0 Å². The van der Waals surface area contributed by atoms with Crippen LogP contribution in [0.1, 0.15) is 38.5 Å². The van der Waals surface area contributed by atoms with E-state index in [1.807, 2.05) is 0 Å². The number of hydrogen-bond acceptors (Lipinski definition) is 1. The zero-order chi connectivity index (χ0) is 10.2. The molecule has 0 fully saturated rings. The molecular formula is C13H14O. The smallest absolute Gasteiger partial charge is 0.146 e. The van der Waals surface area contributed by atoms with Gasteiger partial charge in [0.1, 0.15) is 6.29 Å². The predicted octanol–water partition coefficient (Wildman–Crippen LogP) is 2.47. The Hall–Kier alpha value is -1.47. The zero-order valence-corrected chi connectivity index (χ0v) is 8.31. The van der Waals surface area contributed by atoms with Crippen LogP contribution < -0.4 is 0 Å². The summed E-state index contributed by atoms with van der Waals surface area (Å²) in [6, 6.07) is 0. The van der Waals surface area contributed by atoms with Gasteiger partial charge >= 0.3 is 0 Å². The van der Waals surface area contributed by atoms with Crippen molar-refractivity contribution in [3.63, 3.8) is 0 Å². The molecule has 0 spiro atoms. The van der Waals surface area contributed by atoms with E-state index in [1.54, 1.807) is 0 Å². The molecule has 0 heterocycles. The van der Waals surface area contributed by atoms with Gasteiger partial charge in [0.2, 0.25) is 0 Å². The molecule has 1 nitrogen and oxygen atoms in total. The van der Waals surface area contributed by atoms with E-state index in [0.29, 0.717) is 0 Å². The Kier molecular flexibility index (Phi) is 4.59. The molecule has 0 radical (unpaired) electrons. The van der Waals surface area contributed by atoms with E-state index in [9.17, 15) is 4.79 Å². The van der Waals surface area contributed by atoms with Crippen molar-refractivity contribution >= 4 is 6.29 Å². The van der Waals surface area contributed by atoms with Crippen molar-refractivity contribution in [3.05, 3.63) is 11.1 Å². The summed E-state index contributed by atoms with van der Waals surface area (Å²) in [7, 11) is 0. The lowest BCUT2D eigenvalue weighted by atomic mass is 10.1. The van der Waals surface area contributed by atoms with Crippen LogP contribution in [0.2, 0.25) is 0 Å². The van der Waals surface area contributed by atoms with Gasteiger partial charge in [0.05, 0.1) is 0 Å². The first kappa shape index (κ1) is 10.6. The fourth-order valence-corrected chi connectivity index (χ4v) is 1.49. The van der Waals surface area contributed by atoms with Crippen LogP contribution in [0.25, 0.3) is 0 Å². The van der Waals surface area contributed by atoms with Crippen molar-refractivity contribution in [1.82, 2.24) is 0 Å². The lowest BCUT2D eigenvalue weighted by Crippen LogP contribution is -1.81. The Morgan fingerprint density at radius 3 is 2.93 bits per heavy atom. The number of rotatable bonds is 3. The molecular weight excluding hydrogens is 172 g/mol. The summed E-state index contributed by atoms with van der Waals surface area (Å²) >= 11 is 0. The van der Waals surface area contributed by atoms with Gasteiger partial charge in [-0.15, -0.1) is 12.3 Å². The third kappa shape index (κ3) is 3.11. The normalized spacial score (nSPS) is 14.5. The molecule has 1 aliphatic carbocycles. The SMILES string of the molecule is C#CCCCC#CC1=C(C=O)CCC1. The topological polar surface area (TPSA) is 17.1 Å². The van der Waals surface area contributed by atoms with Crippen LogP contribution in [0, 0.1) is 24.2 Å². The van der Waals surface area contributed by atoms with Gasteiger partial charge in [0.15, 0.2) is 0 Å². The maximum atomic E-state index is 10.6. The van der Waals surface area contributed by atoms with Crippen LogP contribution >= 0.6 is 0 Å². The Morgan fingerprint density at radius 1 is 1.36 bits per heavy atom. The molecule has 0 bridgehead atoms. The highest BCUT2D eigenvalue weighted by Gasteiger charge is 2.10. The summed E-state index contributed by atoms with van der Waals surface area (Å²) in [6.45, 7) is 0.